The molecule has 0 aromatic heterocycles. The average Bonchev–Trinajstić information content (AvgIpc) is 2.42. The topological polar surface area (TPSA) is 0 Å². The third kappa shape index (κ3) is 10.7. The predicted molar refractivity (Wildman–Crippen MR) is 94.2 cm³/mol. The fourth-order valence-corrected chi connectivity index (χ4v) is 3.54. The van der Waals surface area contributed by atoms with Crippen LogP contribution in [-0.4, -0.2) is 0 Å². The Morgan fingerprint density at radius 3 is 1.45 bits per heavy atom. The first-order chi connectivity index (χ1) is 9.63. The zero-order valence-electron chi connectivity index (χ0n) is 15.2. The molecule has 0 nitrogen and oxygen atoms in total. The van der Waals surface area contributed by atoms with Crippen molar-refractivity contribution >= 4 is 0 Å². The van der Waals surface area contributed by atoms with E-state index >= 15 is 0 Å². The van der Waals surface area contributed by atoms with Crippen molar-refractivity contribution in [2.75, 3.05) is 0 Å². The fourth-order valence-electron chi connectivity index (χ4n) is 3.54. The van der Waals surface area contributed by atoms with Crippen LogP contribution in [0.1, 0.15) is 112 Å². The summed E-state index contributed by atoms with van der Waals surface area (Å²) in [7, 11) is 0. The van der Waals surface area contributed by atoms with Gasteiger partial charge in [0, 0.05) is 0 Å². The van der Waals surface area contributed by atoms with Crippen LogP contribution in [0, 0.1) is 17.8 Å². The van der Waals surface area contributed by atoms with Gasteiger partial charge in [0.2, 0.25) is 0 Å². The van der Waals surface area contributed by atoms with Crippen LogP contribution in [0.3, 0.4) is 0 Å². The number of rotatable bonds is 14. The molecule has 20 heavy (non-hydrogen) atoms. The quantitative estimate of drug-likeness (QED) is 0.287. The summed E-state index contributed by atoms with van der Waals surface area (Å²) in [6.45, 7) is 12.0. The highest BCUT2D eigenvalue weighted by Crippen LogP contribution is 2.30. The molecule has 2 atom stereocenters. The molecule has 0 aliphatic heterocycles. The van der Waals surface area contributed by atoms with E-state index in [-0.39, 0.29) is 0 Å². The zero-order valence-corrected chi connectivity index (χ0v) is 15.2. The molecule has 0 spiro atoms. The minimum Gasteiger partial charge on any atom is -0.0654 e. The van der Waals surface area contributed by atoms with Gasteiger partial charge in [-0.3, -0.25) is 0 Å². The number of hydrogen-bond acceptors (Lipinski definition) is 0. The van der Waals surface area contributed by atoms with E-state index < -0.39 is 0 Å². The van der Waals surface area contributed by atoms with Gasteiger partial charge in [-0.25, -0.2) is 0 Å². The van der Waals surface area contributed by atoms with Crippen molar-refractivity contribution in [3.8, 4) is 0 Å². The molecular formula is C20H42. The molecule has 0 radical (unpaired) electrons. The summed E-state index contributed by atoms with van der Waals surface area (Å²) >= 11 is 0. The highest BCUT2D eigenvalue weighted by atomic mass is 14.3. The molecule has 0 heteroatoms. The Morgan fingerprint density at radius 1 is 0.550 bits per heavy atom. The van der Waals surface area contributed by atoms with E-state index in [9.17, 15) is 0 Å². The number of unbranched alkanes of at least 4 members (excludes halogenated alkanes) is 8. The second kappa shape index (κ2) is 14.0. The van der Waals surface area contributed by atoms with Crippen LogP contribution < -0.4 is 0 Å². The van der Waals surface area contributed by atoms with Crippen molar-refractivity contribution < 1.29 is 0 Å². The van der Waals surface area contributed by atoms with E-state index in [1.807, 2.05) is 0 Å². The summed E-state index contributed by atoms with van der Waals surface area (Å²) in [5.74, 6) is 2.76. The van der Waals surface area contributed by atoms with E-state index in [1.54, 1.807) is 0 Å². The molecule has 0 heterocycles. The van der Waals surface area contributed by atoms with Crippen molar-refractivity contribution in [2.45, 2.75) is 112 Å². The summed E-state index contributed by atoms with van der Waals surface area (Å²) in [4.78, 5) is 0. The maximum Gasteiger partial charge on any atom is -0.0365 e. The minimum atomic E-state index is 0.867. The average molecular weight is 283 g/mol. The second-order valence-electron chi connectivity index (χ2n) is 7.29. The second-order valence-corrected chi connectivity index (χ2v) is 7.29. The first-order valence-electron chi connectivity index (χ1n) is 9.63. The molecule has 2 unspecified atom stereocenters. The predicted octanol–water partition coefficient (Wildman–Crippen LogP) is 7.62. The van der Waals surface area contributed by atoms with Crippen LogP contribution in [0.4, 0.5) is 0 Å². The first-order valence-corrected chi connectivity index (χ1v) is 9.63. The van der Waals surface area contributed by atoms with Crippen molar-refractivity contribution in [2.24, 2.45) is 17.8 Å². The van der Waals surface area contributed by atoms with Gasteiger partial charge in [-0.2, -0.15) is 0 Å². The summed E-state index contributed by atoms with van der Waals surface area (Å²) in [5, 5.41) is 0. The summed E-state index contributed by atoms with van der Waals surface area (Å²) in [6.07, 6.45) is 17.3. The molecule has 0 rings (SSSR count). The standard InChI is InChI=1S/C20H42/c1-6-8-10-12-14-16-19(5)20(18(3)4)17-15-13-11-9-7-2/h18-20H,6-17H2,1-5H3. The Morgan fingerprint density at radius 2 is 1.00 bits per heavy atom. The van der Waals surface area contributed by atoms with Gasteiger partial charge in [-0.05, 0) is 24.2 Å². The summed E-state index contributed by atoms with van der Waals surface area (Å²) < 4.78 is 0. The minimum absolute atomic E-state index is 0.867. The van der Waals surface area contributed by atoms with Crippen LogP contribution in [0.2, 0.25) is 0 Å². The van der Waals surface area contributed by atoms with Gasteiger partial charge in [0.25, 0.3) is 0 Å². The largest absolute Gasteiger partial charge is 0.0654 e. The lowest BCUT2D eigenvalue weighted by molar-refractivity contribution is 0.230. The Labute approximate surface area is 130 Å². The molecule has 0 saturated carbocycles. The van der Waals surface area contributed by atoms with Crippen LogP contribution in [-0.2, 0) is 0 Å². The van der Waals surface area contributed by atoms with Crippen LogP contribution in [0.5, 0.6) is 0 Å². The van der Waals surface area contributed by atoms with E-state index in [1.165, 1.54) is 77.0 Å². The highest BCUT2D eigenvalue weighted by Gasteiger charge is 2.19. The zero-order chi connectivity index (χ0) is 15.2. The smallest absolute Gasteiger partial charge is 0.0365 e. The monoisotopic (exact) mass is 282 g/mol. The van der Waals surface area contributed by atoms with Crippen molar-refractivity contribution in [3.05, 3.63) is 0 Å². The lowest BCUT2D eigenvalue weighted by atomic mass is 9.78. The molecule has 0 N–H and O–H groups in total. The third-order valence-corrected chi connectivity index (χ3v) is 4.99. The SMILES string of the molecule is CCCCCCCC(C)C(CCCCCCC)C(C)C. The molecule has 122 valence electrons. The van der Waals surface area contributed by atoms with Gasteiger partial charge in [-0.1, -0.05) is 105 Å². The maximum atomic E-state index is 2.51. The first kappa shape index (κ1) is 20.0. The van der Waals surface area contributed by atoms with Crippen LogP contribution in [0.25, 0.3) is 0 Å². The molecule has 0 aliphatic carbocycles. The van der Waals surface area contributed by atoms with Crippen molar-refractivity contribution in [3.63, 3.8) is 0 Å². The van der Waals surface area contributed by atoms with Gasteiger partial charge >= 0.3 is 0 Å². The lowest BCUT2D eigenvalue weighted by Gasteiger charge is -2.28. The molecule has 0 aromatic rings. The summed E-state index contributed by atoms with van der Waals surface area (Å²) in [5.41, 5.74) is 0. The Balaban J connectivity index is 3.79. The van der Waals surface area contributed by atoms with Crippen LogP contribution in [0.15, 0.2) is 0 Å². The van der Waals surface area contributed by atoms with E-state index in [2.05, 4.69) is 34.6 Å². The third-order valence-electron chi connectivity index (χ3n) is 4.99. The normalized spacial score (nSPS) is 14.7. The number of hydrogen-bond donors (Lipinski definition) is 0. The molecule has 0 aliphatic rings. The van der Waals surface area contributed by atoms with Crippen LogP contribution >= 0.6 is 0 Å². The Bertz CT molecular complexity index is 182. The summed E-state index contributed by atoms with van der Waals surface area (Å²) in [6, 6.07) is 0. The molecule has 0 amide bonds. The van der Waals surface area contributed by atoms with Crippen molar-refractivity contribution in [1.29, 1.82) is 0 Å². The molecule has 0 saturated heterocycles. The van der Waals surface area contributed by atoms with Gasteiger partial charge in [-0.15, -0.1) is 0 Å². The molecular weight excluding hydrogens is 240 g/mol. The Kier molecular flexibility index (Phi) is 14.0. The lowest BCUT2D eigenvalue weighted by Crippen LogP contribution is -2.18. The van der Waals surface area contributed by atoms with E-state index in [0.29, 0.717) is 0 Å². The molecule has 0 aromatic carbocycles. The van der Waals surface area contributed by atoms with Gasteiger partial charge in [0.1, 0.15) is 0 Å². The van der Waals surface area contributed by atoms with E-state index in [4.69, 9.17) is 0 Å². The van der Waals surface area contributed by atoms with E-state index in [0.717, 1.165) is 17.8 Å². The fraction of sp³-hybridized carbons (Fsp3) is 1.00. The Hall–Kier alpha value is 0. The molecule has 0 fully saturated rings. The van der Waals surface area contributed by atoms with Crippen molar-refractivity contribution in [1.82, 2.24) is 0 Å². The van der Waals surface area contributed by atoms with Gasteiger partial charge in [0.05, 0.1) is 0 Å². The highest BCUT2D eigenvalue weighted by molar-refractivity contribution is 4.70. The van der Waals surface area contributed by atoms with Gasteiger partial charge in [0.15, 0.2) is 0 Å². The molecule has 0 bridgehead atoms. The van der Waals surface area contributed by atoms with Gasteiger partial charge < -0.3 is 0 Å². The maximum absolute atomic E-state index is 2.51.